The van der Waals surface area contributed by atoms with Gasteiger partial charge in [-0.3, -0.25) is 4.79 Å². The zero-order valence-electron chi connectivity index (χ0n) is 10.6. The Kier molecular flexibility index (Phi) is 4.11. The molecule has 0 bridgehead atoms. The summed E-state index contributed by atoms with van der Waals surface area (Å²) in [6, 6.07) is 7.89. The van der Waals surface area contributed by atoms with Crippen molar-refractivity contribution in [3.8, 4) is 0 Å². The Morgan fingerprint density at radius 3 is 2.62 bits per heavy atom. The van der Waals surface area contributed by atoms with E-state index in [1.807, 2.05) is 45.0 Å². The molecule has 0 aliphatic heterocycles. The van der Waals surface area contributed by atoms with Crippen LogP contribution in [0.5, 0.6) is 0 Å². The summed E-state index contributed by atoms with van der Waals surface area (Å²) in [5.74, 6) is 0.0972. The number of carbonyl (C=O) groups is 1. The third-order valence-corrected chi connectivity index (χ3v) is 2.77. The smallest absolute Gasteiger partial charge is 0.230 e. The average Bonchev–Trinajstić information content (AvgIpc) is 2.17. The number of hydrogen-bond donors (Lipinski definition) is 1. The molecule has 0 saturated carbocycles. The first kappa shape index (κ1) is 12.8. The average molecular weight is 219 g/mol. The lowest BCUT2D eigenvalue weighted by molar-refractivity contribution is -0.124. The lowest BCUT2D eigenvalue weighted by Crippen LogP contribution is -2.30. The standard InChI is InChI=1S/C14H21NO/c1-5-9-14(3,4)13(16)15-12-8-6-7-11(2)10-12/h6-8,10H,5,9H2,1-4H3,(H,15,16). The molecule has 88 valence electrons. The quantitative estimate of drug-likeness (QED) is 0.820. The molecule has 16 heavy (non-hydrogen) atoms. The summed E-state index contributed by atoms with van der Waals surface area (Å²) in [4.78, 5) is 12.0. The second kappa shape index (κ2) is 5.15. The second-order valence-corrected chi connectivity index (χ2v) is 4.96. The highest BCUT2D eigenvalue weighted by Gasteiger charge is 2.26. The van der Waals surface area contributed by atoms with Gasteiger partial charge in [0.1, 0.15) is 0 Å². The second-order valence-electron chi connectivity index (χ2n) is 4.96. The van der Waals surface area contributed by atoms with Crippen molar-refractivity contribution in [3.05, 3.63) is 29.8 Å². The molecule has 0 spiro atoms. The largest absolute Gasteiger partial charge is 0.326 e. The Labute approximate surface area is 98.1 Å². The number of nitrogens with one attached hydrogen (secondary N) is 1. The number of aryl methyl sites for hydroxylation is 1. The summed E-state index contributed by atoms with van der Waals surface area (Å²) in [5.41, 5.74) is 1.75. The highest BCUT2D eigenvalue weighted by Crippen LogP contribution is 2.24. The maximum Gasteiger partial charge on any atom is 0.230 e. The summed E-state index contributed by atoms with van der Waals surface area (Å²) in [6.07, 6.45) is 1.93. The molecule has 1 N–H and O–H groups in total. The molecule has 0 fully saturated rings. The molecular weight excluding hydrogens is 198 g/mol. The fourth-order valence-electron chi connectivity index (χ4n) is 1.76. The minimum Gasteiger partial charge on any atom is -0.326 e. The number of amides is 1. The fourth-order valence-corrected chi connectivity index (χ4v) is 1.76. The maximum absolute atomic E-state index is 12.0. The molecule has 0 heterocycles. The molecule has 1 amide bonds. The highest BCUT2D eigenvalue weighted by atomic mass is 16.2. The van der Waals surface area contributed by atoms with Gasteiger partial charge in [0.2, 0.25) is 5.91 Å². The molecule has 0 saturated heterocycles. The van der Waals surface area contributed by atoms with Gasteiger partial charge in [0.05, 0.1) is 0 Å². The van der Waals surface area contributed by atoms with E-state index >= 15 is 0 Å². The molecule has 1 aromatic rings. The van der Waals surface area contributed by atoms with Crippen molar-refractivity contribution < 1.29 is 4.79 Å². The topological polar surface area (TPSA) is 29.1 Å². The number of hydrogen-bond acceptors (Lipinski definition) is 1. The van der Waals surface area contributed by atoms with Crippen molar-refractivity contribution >= 4 is 11.6 Å². The predicted molar refractivity (Wildman–Crippen MR) is 68.5 cm³/mol. The van der Waals surface area contributed by atoms with Crippen LogP contribution in [0.15, 0.2) is 24.3 Å². The van der Waals surface area contributed by atoms with E-state index in [0.29, 0.717) is 0 Å². The van der Waals surface area contributed by atoms with Gasteiger partial charge in [-0.15, -0.1) is 0 Å². The minimum absolute atomic E-state index is 0.0972. The third kappa shape index (κ3) is 3.37. The molecule has 0 aliphatic carbocycles. The van der Waals surface area contributed by atoms with Crippen LogP contribution in [0.4, 0.5) is 5.69 Å². The molecule has 1 rings (SSSR count). The summed E-state index contributed by atoms with van der Waals surface area (Å²) in [6.45, 7) is 8.10. The lowest BCUT2D eigenvalue weighted by Gasteiger charge is -2.22. The van der Waals surface area contributed by atoms with Gasteiger partial charge in [-0.05, 0) is 31.0 Å². The van der Waals surface area contributed by atoms with E-state index in [4.69, 9.17) is 0 Å². The highest BCUT2D eigenvalue weighted by molar-refractivity contribution is 5.94. The van der Waals surface area contributed by atoms with Crippen LogP contribution in [0.3, 0.4) is 0 Å². The van der Waals surface area contributed by atoms with Gasteiger partial charge in [0, 0.05) is 11.1 Å². The molecule has 0 aromatic heterocycles. The van der Waals surface area contributed by atoms with E-state index in [-0.39, 0.29) is 11.3 Å². The summed E-state index contributed by atoms with van der Waals surface area (Å²) >= 11 is 0. The van der Waals surface area contributed by atoms with Gasteiger partial charge in [-0.2, -0.15) is 0 Å². The van der Waals surface area contributed by atoms with E-state index < -0.39 is 0 Å². The van der Waals surface area contributed by atoms with E-state index in [2.05, 4.69) is 12.2 Å². The number of anilines is 1. The van der Waals surface area contributed by atoms with Crippen molar-refractivity contribution in [2.24, 2.45) is 5.41 Å². The molecule has 2 heteroatoms. The molecular formula is C14H21NO. The van der Waals surface area contributed by atoms with Crippen molar-refractivity contribution in [2.45, 2.75) is 40.5 Å². The Bertz CT molecular complexity index is 369. The maximum atomic E-state index is 12.0. The molecule has 1 aromatic carbocycles. The summed E-state index contributed by atoms with van der Waals surface area (Å²) in [7, 11) is 0. The Morgan fingerprint density at radius 2 is 2.06 bits per heavy atom. The van der Waals surface area contributed by atoms with Crippen molar-refractivity contribution in [3.63, 3.8) is 0 Å². The van der Waals surface area contributed by atoms with E-state index in [1.165, 1.54) is 0 Å². The first-order valence-electron chi connectivity index (χ1n) is 5.84. The van der Waals surface area contributed by atoms with E-state index in [9.17, 15) is 4.79 Å². The Balaban J connectivity index is 2.71. The summed E-state index contributed by atoms with van der Waals surface area (Å²) in [5, 5.41) is 2.97. The number of rotatable bonds is 4. The Morgan fingerprint density at radius 1 is 1.38 bits per heavy atom. The van der Waals surface area contributed by atoms with Crippen LogP contribution < -0.4 is 5.32 Å². The lowest BCUT2D eigenvalue weighted by atomic mass is 9.87. The summed E-state index contributed by atoms with van der Waals surface area (Å²) < 4.78 is 0. The predicted octanol–water partition coefficient (Wildman–Crippen LogP) is 3.76. The molecule has 0 radical (unpaired) electrons. The SMILES string of the molecule is CCCC(C)(C)C(=O)Nc1cccc(C)c1. The van der Waals surface area contributed by atoms with Crippen LogP contribution >= 0.6 is 0 Å². The Hall–Kier alpha value is -1.31. The van der Waals surface area contributed by atoms with Crippen LogP contribution in [-0.2, 0) is 4.79 Å². The first-order chi connectivity index (χ1) is 7.45. The third-order valence-electron chi connectivity index (χ3n) is 2.77. The van der Waals surface area contributed by atoms with Crippen molar-refractivity contribution in [2.75, 3.05) is 5.32 Å². The van der Waals surface area contributed by atoms with Gasteiger partial charge in [-0.25, -0.2) is 0 Å². The number of benzene rings is 1. The minimum atomic E-state index is -0.293. The number of carbonyl (C=O) groups excluding carboxylic acids is 1. The first-order valence-corrected chi connectivity index (χ1v) is 5.84. The van der Waals surface area contributed by atoms with Gasteiger partial charge in [-0.1, -0.05) is 39.3 Å². The normalized spacial score (nSPS) is 11.2. The zero-order chi connectivity index (χ0) is 12.2. The molecule has 0 unspecified atom stereocenters. The van der Waals surface area contributed by atoms with Gasteiger partial charge in [0.15, 0.2) is 0 Å². The van der Waals surface area contributed by atoms with Crippen molar-refractivity contribution in [1.82, 2.24) is 0 Å². The van der Waals surface area contributed by atoms with Crippen LogP contribution in [0, 0.1) is 12.3 Å². The van der Waals surface area contributed by atoms with Crippen LogP contribution in [0.2, 0.25) is 0 Å². The molecule has 0 aliphatic rings. The van der Waals surface area contributed by atoms with Gasteiger partial charge in [0.25, 0.3) is 0 Å². The monoisotopic (exact) mass is 219 g/mol. The van der Waals surface area contributed by atoms with Crippen LogP contribution in [-0.4, -0.2) is 5.91 Å². The van der Waals surface area contributed by atoms with Crippen molar-refractivity contribution in [1.29, 1.82) is 0 Å². The zero-order valence-corrected chi connectivity index (χ0v) is 10.6. The van der Waals surface area contributed by atoms with E-state index in [0.717, 1.165) is 24.1 Å². The van der Waals surface area contributed by atoms with Gasteiger partial charge >= 0.3 is 0 Å². The van der Waals surface area contributed by atoms with Crippen LogP contribution in [0.25, 0.3) is 0 Å². The van der Waals surface area contributed by atoms with Crippen LogP contribution in [0.1, 0.15) is 39.2 Å². The molecule has 2 nitrogen and oxygen atoms in total. The molecule has 0 atom stereocenters. The van der Waals surface area contributed by atoms with E-state index in [1.54, 1.807) is 0 Å². The fraction of sp³-hybridized carbons (Fsp3) is 0.500. The van der Waals surface area contributed by atoms with Gasteiger partial charge < -0.3 is 5.32 Å².